The fourth-order valence-corrected chi connectivity index (χ4v) is 5.55. The Morgan fingerprint density at radius 3 is 1.95 bits per heavy atom. The largest absolute Gasteiger partial charge is 0.345 e. The van der Waals surface area contributed by atoms with Crippen LogP contribution in [0.3, 0.4) is 0 Å². The standard InChI is InChI=1S/C18H19BF2.C13H15BrN2/c20-17-10-6-15(7-11-17)19(14-4-2-1-3-5-14)16-8-12-18(21)13-9-16;1-9(2)12-8-15-13(16-12)7-10-5-3-4-6-11(10)14/h6-14H,1-5H2;3-6,8-9H,7H2,1-2H3,(H,15,16). The first-order valence-electron chi connectivity index (χ1n) is 13.2. The van der Waals surface area contributed by atoms with Crippen molar-refractivity contribution in [1.82, 2.24) is 9.97 Å². The summed E-state index contributed by atoms with van der Waals surface area (Å²) in [6.45, 7) is 4.57. The molecule has 192 valence electrons. The minimum Gasteiger partial charge on any atom is -0.345 e. The van der Waals surface area contributed by atoms with E-state index in [2.05, 4.69) is 51.9 Å². The van der Waals surface area contributed by atoms with Crippen molar-refractivity contribution in [2.24, 2.45) is 0 Å². The molecule has 1 saturated carbocycles. The minimum absolute atomic E-state index is 0.208. The summed E-state index contributed by atoms with van der Waals surface area (Å²) in [6.07, 6.45) is 8.97. The molecule has 0 amide bonds. The minimum atomic E-state index is -0.208. The fraction of sp³-hybridized carbons (Fsp3) is 0.323. The maximum Gasteiger partial charge on any atom is 0.212 e. The van der Waals surface area contributed by atoms with Gasteiger partial charge in [-0.25, -0.2) is 13.8 Å². The number of rotatable bonds is 6. The van der Waals surface area contributed by atoms with Gasteiger partial charge in [0, 0.05) is 22.8 Å². The third-order valence-corrected chi connectivity index (χ3v) is 7.94. The number of hydrogen-bond donors (Lipinski definition) is 1. The van der Waals surface area contributed by atoms with Gasteiger partial charge in [0.05, 0.1) is 0 Å². The molecule has 4 aromatic rings. The zero-order chi connectivity index (χ0) is 26.2. The summed E-state index contributed by atoms with van der Waals surface area (Å²) in [5, 5.41) is 0. The first kappa shape index (κ1) is 27.3. The van der Waals surface area contributed by atoms with Gasteiger partial charge in [0.1, 0.15) is 17.5 Å². The third-order valence-electron chi connectivity index (χ3n) is 7.17. The molecule has 0 radical (unpaired) electrons. The van der Waals surface area contributed by atoms with Crippen LogP contribution in [0.5, 0.6) is 0 Å². The van der Waals surface area contributed by atoms with Gasteiger partial charge in [-0.2, -0.15) is 0 Å². The van der Waals surface area contributed by atoms with Crippen LogP contribution in [0, 0.1) is 11.6 Å². The van der Waals surface area contributed by atoms with Crippen molar-refractivity contribution in [3.05, 3.63) is 112 Å². The van der Waals surface area contributed by atoms with E-state index in [0.717, 1.165) is 27.6 Å². The zero-order valence-corrected chi connectivity index (χ0v) is 23.1. The molecule has 0 saturated heterocycles. The molecule has 1 aliphatic rings. The third kappa shape index (κ3) is 7.64. The molecule has 0 unspecified atom stereocenters. The molecular formula is C31H34BBrF2N2. The van der Waals surface area contributed by atoms with Gasteiger partial charge in [-0.15, -0.1) is 0 Å². The van der Waals surface area contributed by atoms with Crippen molar-refractivity contribution < 1.29 is 8.78 Å². The Kier molecular flexibility index (Phi) is 9.73. The highest BCUT2D eigenvalue weighted by Gasteiger charge is 2.30. The van der Waals surface area contributed by atoms with Crippen LogP contribution in [-0.2, 0) is 6.42 Å². The first-order valence-corrected chi connectivity index (χ1v) is 14.0. The second-order valence-electron chi connectivity index (χ2n) is 10.2. The summed E-state index contributed by atoms with van der Waals surface area (Å²) in [6, 6.07) is 21.8. The summed E-state index contributed by atoms with van der Waals surface area (Å²) >= 11 is 3.55. The molecule has 0 bridgehead atoms. The van der Waals surface area contributed by atoms with E-state index in [4.69, 9.17) is 0 Å². The average molecular weight is 563 g/mol. The van der Waals surface area contributed by atoms with Crippen LogP contribution in [-0.4, -0.2) is 16.7 Å². The second-order valence-corrected chi connectivity index (χ2v) is 11.0. The lowest BCUT2D eigenvalue weighted by molar-refractivity contribution is 0.499. The van der Waals surface area contributed by atoms with Crippen LogP contribution in [0.4, 0.5) is 8.78 Å². The highest BCUT2D eigenvalue weighted by Crippen LogP contribution is 2.31. The molecule has 1 heterocycles. The quantitative estimate of drug-likeness (QED) is 0.239. The van der Waals surface area contributed by atoms with Crippen molar-refractivity contribution in [2.45, 2.75) is 64.1 Å². The van der Waals surface area contributed by atoms with Gasteiger partial charge in [-0.1, -0.05) is 121 Å². The van der Waals surface area contributed by atoms with Crippen molar-refractivity contribution in [3.8, 4) is 0 Å². The number of aromatic amines is 1. The molecule has 1 fully saturated rings. The molecule has 0 atom stereocenters. The Morgan fingerprint density at radius 2 is 1.43 bits per heavy atom. The zero-order valence-electron chi connectivity index (χ0n) is 21.6. The van der Waals surface area contributed by atoms with Gasteiger partial charge in [0.2, 0.25) is 6.71 Å². The van der Waals surface area contributed by atoms with E-state index in [-0.39, 0.29) is 18.3 Å². The number of nitrogens with one attached hydrogen (secondary N) is 1. The number of aromatic nitrogens is 2. The second kappa shape index (κ2) is 13.2. The Hall–Kier alpha value is -2.73. The fourth-order valence-electron chi connectivity index (χ4n) is 5.13. The van der Waals surface area contributed by atoms with E-state index in [9.17, 15) is 8.78 Å². The summed E-state index contributed by atoms with van der Waals surface area (Å²) < 4.78 is 27.5. The Balaban J connectivity index is 0.000000180. The van der Waals surface area contributed by atoms with Crippen molar-refractivity contribution >= 4 is 33.6 Å². The molecule has 3 aromatic carbocycles. The van der Waals surface area contributed by atoms with Crippen molar-refractivity contribution in [1.29, 1.82) is 0 Å². The molecule has 2 nitrogen and oxygen atoms in total. The summed E-state index contributed by atoms with van der Waals surface area (Å²) in [5.74, 6) is 1.67. The maximum absolute atomic E-state index is 13.2. The van der Waals surface area contributed by atoms with Crippen LogP contribution in [0.2, 0.25) is 5.82 Å². The highest BCUT2D eigenvalue weighted by molar-refractivity contribution is 9.10. The molecule has 1 N–H and O–H groups in total. The van der Waals surface area contributed by atoms with Crippen LogP contribution in [0.1, 0.15) is 69.0 Å². The SMILES string of the molecule is CC(C)c1cnc(Cc2ccccc2Br)[nH]1.Fc1ccc(B(c2ccc(F)cc2)C2CCCCC2)cc1. The molecule has 0 spiro atoms. The topological polar surface area (TPSA) is 28.7 Å². The number of hydrogen-bond acceptors (Lipinski definition) is 1. The molecule has 1 aromatic heterocycles. The Labute approximate surface area is 228 Å². The molecule has 1 aliphatic carbocycles. The number of halogens is 3. The van der Waals surface area contributed by atoms with Crippen LogP contribution in [0.25, 0.3) is 0 Å². The predicted octanol–water partition coefficient (Wildman–Crippen LogP) is 7.79. The van der Waals surface area contributed by atoms with Gasteiger partial charge in [-0.3, -0.25) is 0 Å². The van der Waals surface area contributed by atoms with Crippen molar-refractivity contribution in [3.63, 3.8) is 0 Å². The van der Waals surface area contributed by atoms with E-state index < -0.39 is 0 Å². The molecule has 6 heteroatoms. The van der Waals surface area contributed by atoms with Crippen molar-refractivity contribution in [2.75, 3.05) is 0 Å². The number of imidazole rings is 1. The first-order chi connectivity index (χ1) is 17.9. The number of nitrogens with zero attached hydrogens (tertiary/aromatic N) is 1. The van der Waals surface area contributed by atoms with Crippen LogP contribution in [0.15, 0.2) is 83.5 Å². The predicted molar refractivity (Wildman–Crippen MR) is 154 cm³/mol. The van der Waals surface area contributed by atoms with Gasteiger partial charge in [0.25, 0.3) is 0 Å². The number of H-pyrrole nitrogens is 1. The normalized spacial score (nSPS) is 13.8. The van der Waals surface area contributed by atoms with Gasteiger partial charge in [-0.05, 0) is 41.8 Å². The molecule has 37 heavy (non-hydrogen) atoms. The van der Waals surface area contributed by atoms with Gasteiger partial charge >= 0.3 is 0 Å². The average Bonchev–Trinajstić information content (AvgIpc) is 3.38. The smallest absolute Gasteiger partial charge is 0.212 e. The maximum atomic E-state index is 13.2. The summed E-state index contributed by atoms with van der Waals surface area (Å²) in [4.78, 5) is 7.75. The van der Waals surface area contributed by atoms with Gasteiger partial charge in [0.15, 0.2) is 0 Å². The molecule has 5 rings (SSSR count). The lowest BCUT2D eigenvalue weighted by Crippen LogP contribution is -2.46. The van der Waals surface area contributed by atoms with Gasteiger partial charge < -0.3 is 4.98 Å². The summed E-state index contributed by atoms with van der Waals surface area (Å²) in [5.41, 5.74) is 4.72. The van der Waals surface area contributed by atoms with E-state index in [0.29, 0.717) is 11.7 Å². The van der Waals surface area contributed by atoms with E-state index in [1.54, 1.807) is 0 Å². The summed E-state index contributed by atoms with van der Waals surface area (Å²) in [7, 11) is 0. The number of benzene rings is 3. The molecule has 0 aliphatic heterocycles. The van der Waals surface area contributed by atoms with E-state index >= 15 is 0 Å². The van der Waals surface area contributed by atoms with E-state index in [1.165, 1.54) is 67.6 Å². The molecular weight excluding hydrogens is 529 g/mol. The Morgan fingerprint density at radius 1 is 0.865 bits per heavy atom. The monoisotopic (exact) mass is 562 g/mol. The Bertz CT molecular complexity index is 1200. The highest BCUT2D eigenvalue weighted by atomic mass is 79.9. The van der Waals surface area contributed by atoms with Crippen LogP contribution < -0.4 is 10.9 Å². The van der Waals surface area contributed by atoms with Crippen LogP contribution >= 0.6 is 15.9 Å². The van der Waals surface area contributed by atoms with E-state index in [1.807, 2.05) is 42.6 Å². The lowest BCUT2D eigenvalue weighted by atomic mass is 9.32. The lowest BCUT2D eigenvalue weighted by Gasteiger charge is -2.28.